The van der Waals surface area contributed by atoms with E-state index in [0.29, 0.717) is 5.92 Å². The lowest BCUT2D eigenvalue weighted by atomic mass is 9.84. The predicted molar refractivity (Wildman–Crippen MR) is 119 cm³/mol. The first-order chi connectivity index (χ1) is 13.7. The fraction of sp³-hybridized carbons (Fsp3) is 0.783. The Kier molecular flexibility index (Phi) is 9.08. The highest BCUT2D eigenvalue weighted by Gasteiger charge is 2.39. The van der Waals surface area contributed by atoms with E-state index in [0.717, 1.165) is 19.4 Å². The van der Waals surface area contributed by atoms with Crippen molar-refractivity contribution in [2.75, 3.05) is 20.6 Å². The molecule has 7 heteroatoms. The normalized spacial score (nSPS) is 23.1. The standard InChI is InChI=1S/C23H41N3O4/c1-14(2)18(12-16(4)22(29)30)26(9)21(28)19(23(5,6)7)24-20(27)17-11-10-15(3)13-25(17)8/h12,14-15,17-19H,10-11,13H2,1-9H3,(H,24,27)(H,29,30)/b16-12+/t15-,17-,18?,19?/m1/s1. The number of nitrogens with zero attached hydrogens (tertiary/aromatic N) is 2. The summed E-state index contributed by atoms with van der Waals surface area (Å²) in [5.74, 6) is -0.756. The van der Waals surface area contributed by atoms with E-state index in [4.69, 9.17) is 0 Å². The number of carboxylic acid groups (broad SMARTS) is 1. The molecule has 2 unspecified atom stereocenters. The molecule has 0 aromatic carbocycles. The second-order valence-corrected chi connectivity index (χ2v) is 10.3. The van der Waals surface area contributed by atoms with Crippen LogP contribution in [0.15, 0.2) is 11.6 Å². The van der Waals surface area contributed by atoms with Gasteiger partial charge in [-0.15, -0.1) is 0 Å². The number of hydrogen-bond donors (Lipinski definition) is 2. The van der Waals surface area contributed by atoms with Gasteiger partial charge in [-0.1, -0.05) is 47.6 Å². The van der Waals surface area contributed by atoms with Crippen molar-refractivity contribution in [2.24, 2.45) is 17.3 Å². The van der Waals surface area contributed by atoms with E-state index < -0.39 is 17.4 Å². The molecule has 0 bridgehead atoms. The Bertz CT molecular complexity index is 666. The van der Waals surface area contributed by atoms with Crippen LogP contribution in [0.4, 0.5) is 0 Å². The largest absolute Gasteiger partial charge is 0.478 e. The molecule has 0 aromatic heterocycles. The number of hydrogen-bond acceptors (Lipinski definition) is 4. The number of rotatable bonds is 7. The highest BCUT2D eigenvalue weighted by atomic mass is 16.4. The van der Waals surface area contributed by atoms with Crippen molar-refractivity contribution in [3.63, 3.8) is 0 Å². The van der Waals surface area contributed by atoms with E-state index >= 15 is 0 Å². The zero-order valence-corrected chi connectivity index (χ0v) is 20.2. The highest BCUT2D eigenvalue weighted by molar-refractivity contribution is 5.91. The van der Waals surface area contributed by atoms with Crippen LogP contribution in [-0.4, -0.2) is 71.5 Å². The van der Waals surface area contributed by atoms with Crippen molar-refractivity contribution in [1.82, 2.24) is 15.1 Å². The SMILES string of the molecule is C/C(=C\C(C(C)C)N(C)C(=O)C(NC(=O)[C@H]1CC[C@@H](C)CN1C)C(C)(C)C)C(=O)O. The van der Waals surface area contributed by atoms with E-state index in [1.807, 2.05) is 41.7 Å². The molecule has 0 spiro atoms. The summed E-state index contributed by atoms with van der Waals surface area (Å²) in [7, 11) is 3.63. The number of piperidine rings is 1. The molecule has 0 radical (unpaired) electrons. The molecule has 2 amide bonds. The first kappa shape index (κ1) is 26.1. The monoisotopic (exact) mass is 423 g/mol. The average molecular weight is 424 g/mol. The van der Waals surface area contributed by atoms with Crippen LogP contribution in [0.2, 0.25) is 0 Å². The summed E-state index contributed by atoms with van der Waals surface area (Å²) in [6, 6.07) is -1.32. The Morgan fingerprint density at radius 2 is 1.77 bits per heavy atom. The molecule has 1 fully saturated rings. The molecule has 4 atom stereocenters. The first-order valence-electron chi connectivity index (χ1n) is 10.9. The van der Waals surface area contributed by atoms with Gasteiger partial charge in [-0.3, -0.25) is 14.5 Å². The second-order valence-electron chi connectivity index (χ2n) is 10.3. The van der Waals surface area contributed by atoms with Gasteiger partial charge in [0, 0.05) is 19.2 Å². The van der Waals surface area contributed by atoms with Crippen LogP contribution in [0, 0.1) is 17.3 Å². The van der Waals surface area contributed by atoms with Crippen LogP contribution >= 0.6 is 0 Å². The maximum Gasteiger partial charge on any atom is 0.331 e. The topological polar surface area (TPSA) is 90.0 Å². The van der Waals surface area contributed by atoms with Crippen LogP contribution in [0.5, 0.6) is 0 Å². The number of nitrogens with one attached hydrogen (secondary N) is 1. The Morgan fingerprint density at radius 3 is 2.20 bits per heavy atom. The summed E-state index contributed by atoms with van der Waals surface area (Å²) in [5.41, 5.74) is -0.295. The highest BCUT2D eigenvalue weighted by Crippen LogP contribution is 2.25. The maximum absolute atomic E-state index is 13.5. The van der Waals surface area contributed by atoms with Crippen molar-refractivity contribution in [1.29, 1.82) is 0 Å². The van der Waals surface area contributed by atoms with Crippen molar-refractivity contribution < 1.29 is 19.5 Å². The van der Waals surface area contributed by atoms with Gasteiger partial charge in [0.25, 0.3) is 0 Å². The van der Waals surface area contributed by atoms with Gasteiger partial charge >= 0.3 is 5.97 Å². The third kappa shape index (κ3) is 6.83. The second kappa shape index (κ2) is 10.4. The van der Waals surface area contributed by atoms with Gasteiger partial charge in [0.2, 0.25) is 11.8 Å². The number of amides is 2. The van der Waals surface area contributed by atoms with Gasteiger partial charge < -0.3 is 15.3 Å². The van der Waals surface area contributed by atoms with Crippen LogP contribution in [-0.2, 0) is 14.4 Å². The Hall–Kier alpha value is -1.89. The lowest BCUT2D eigenvalue weighted by molar-refractivity contribution is -0.141. The number of carbonyl (C=O) groups excluding carboxylic acids is 2. The van der Waals surface area contributed by atoms with E-state index in [9.17, 15) is 19.5 Å². The molecule has 172 valence electrons. The number of aliphatic carboxylic acids is 1. The number of likely N-dealkylation sites (N-methyl/N-ethyl adjacent to an activating group) is 2. The summed E-state index contributed by atoms with van der Waals surface area (Å²) in [6.45, 7) is 14.3. The lowest BCUT2D eigenvalue weighted by Crippen LogP contribution is -2.60. The number of likely N-dealkylation sites (tertiary alicyclic amines) is 1. The molecule has 2 N–H and O–H groups in total. The summed E-state index contributed by atoms with van der Waals surface area (Å²) in [6.07, 6.45) is 3.38. The zero-order valence-electron chi connectivity index (χ0n) is 20.2. The minimum atomic E-state index is -1.00. The summed E-state index contributed by atoms with van der Waals surface area (Å²) in [4.78, 5) is 41.4. The van der Waals surface area contributed by atoms with Gasteiger partial charge in [-0.25, -0.2) is 4.79 Å². The molecule has 0 saturated carbocycles. The molecule has 1 rings (SSSR count). The minimum absolute atomic E-state index is 0.0236. The Morgan fingerprint density at radius 1 is 1.20 bits per heavy atom. The van der Waals surface area contributed by atoms with Crippen LogP contribution < -0.4 is 5.32 Å². The Balaban J connectivity index is 3.09. The summed E-state index contributed by atoms with van der Waals surface area (Å²) >= 11 is 0. The summed E-state index contributed by atoms with van der Waals surface area (Å²) < 4.78 is 0. The number of carbonyl (C=O) groups is 3. The van der Waals surface area contributed by atoms with Crippen LogP contribution in [0.25, 0.3) is 0 Å². The van der Waals surface area contributed by atoms with E-state index in [1.165, 1.54) is 6.92 Å². The smallest absolute Gasteiger partial charge is 0.331 e. The molecular weight excluding hydrogens is 382 g/mol. The molecule has 1 aliphatic rings. The average Bonchev–Trinajstić information content (AvgIpc) is 2.61. The van der Waals surface area contributed by atoms with Crippen molar-refractivity contribution >= 4 is 17.8 Å². The number of carboxylic acids is 1. The molecule has 0 aromatic rings. The first-order valence-corrected chi connectivity index (χ1v) is 10.9. The van der Waals surface area contributed by atoms with E-state index in [1.54, 1.807) is 18.0 Å². The van der Waals surface area contributed by atoms with Gasteiger partial charge in [0.05, 0.1) is 12.1 Å². The fourth-order valence-electron chi connectivity index (χ4n) is 4.02. The molecule has 0 aliphatic carbocycles. The predicted octanol–water partition coefficient (Wildman–Crippen LogP) is 2.76. The summed E-state index contributed by atoms with van der Waals surface area (Å²) in [5, 5.41) is 12.3. The van der Waals surface area contributed by atoms with Crippen LogP contribution in [0.3, 0.4) is 0 Å². The molecule has 7 nitrogen and oxygen atoms in total. The molecule has 30 heavy (non-hydrogen) atoms. The van der Waals surface area contributed by atoms with Crippen molar-refractivity contribution in [3.8, 4) is 0 Å². The lowest BCUT2D eigenvalue weighted by Gasteiger charge is -2.40. The van der Waals surface area contributed by atoms with Gasteiger partial charge in [-0.2, -0.15) is 0 Å². The molecular formula is C23H41N3O4. The van der Waals surface area contributed by atoms with E-state index in [-0.39, 0.29) is 35.4 Å². The minimum Gasteiger partial charge on any atom is -0.478 e. The molecule has 1 saturated heterocycles. The zero-order chi connectivity index (χ0) is 23.4. The maximum atomic E-state index is 13.5. The Labute approximate surface area is 181 Å². The third-order valence-corrected chi connectivity index (χ3v) is 6.00. The molecule has 1 aliphatic heterocycles. The quantitative estimate of drug-likeness (QED) is 0.615. The fourth-order valence-corrected chi connectivity index (χ4v) is 4.02. The third-order valence-electron chi connectivity index (χ3n) is 6.00. The van der Waals surface area contributed by atoms with E-state index in [2.05, 4.69) is 17.1 Å². The van der Waals surface area contributed by atoms with Gasteiger partial charge in [0.1, 0.15) is 6.04 Å². The molecule has 1 heterocycles. The van der Waals surface area contributed by atoms with Gasteiger partial charge in [-0.05, 0) is 44.1 Å². The van der Waals surface area contributed by atoms with Gasteiger partial charge in [0.15, 0.2) is 0 Å². The van der Waals surface area contributed by atoms with Crippen molar-refractivity contribution in [2.45, 2.75) is 79.4 Å². The van der Waals surface area contributed by atoms with Crippen molar-refractivity contribution in [3.05, 3.63) is 11.6 Å². The van der Waals surface area contributed by atoms with Crippen LogP contribution in [0.1, 0.15) is 61.3 Å².